The summed E-state index contributed by atoms with van der Waals surface area (Å²) in [7, 11) is 0. The van der Waals surface area contributed by atoms with Gasteiger partial charge in [-0.05, 0) is 69.6 Å². The Morgan fingerprint density at radius 1 is 0.225 bits per heavy atom. The molecule has 0 saturated heterocycles. The molecule has 0 aromatic carbocycles. The van der Waals surface area contributed by atoms with Crippen molar-refractivity contribution in [3.63, 3.8) is 0 Å². The summed E-state index contributed by atoms with van der Waals surface area (Å²) in [5.74, 6) is 2.36. The maximum absolute atomic E-state index is 12.1. The van der Waals surface area contributed by atoms with Crippen molar-refractivity contribution in [1.82, 2.24) is 0 Å². The van der Waals surface area contributed by atoms with E-state index in [9.17, 15) is 19.2 Å². The van der Waals surface area contributed by atoms with E-state index >= 15 is 0 Å². The molecular weight excluding hydrogens is 985 g/mol. The molecule has 0 amide bonds. The lowest BCUT2D eigenvalue weighted by atomic mass is 9.90. The monoisotopic (exact) mass is 1130 g/mol. The van der Waals surface area contributed by atoms with Gasteiger partial charge in [0.15, 0.2) is 0 Å². The number of carbonyl (C=O) groups excluding carboxylic acids is 4. The maximum atomic E-state index is 12.1. The van der Waals surface area contributed by atoms with Crippen LogP contribution < -0.4 is 0 Å². The molecule has 0 aliphatic heterocycles. The predicted molar refractivity (Wildman–Crippen MR) is 352 cm³/mol. The van der Waals surface area contributed by atoms with E-state index in [1.807, 2.05) is 0 Å². The van der Waals surface area contributed by atoms with Gasteiger partial charge in [0.25, 0.3) is 0 Å². The summed E-state index contributed by atoms with van der Waals surface area (Å²) in [5, 5.41) is 0. The van der Waals surface area contributed by atoms with Crippen LogP contribution in [0.2, 0.25) is 0 Å². The average Bonchev–Trinajstić information content (AvgIpc) is 3.45. The zero-order chi connectivity index (χ0) is 59.3. The second-order valence-electron chi connectivity index (χ2n) is 24.9. The number of rotatable bonds is 63. The number of esters is 2. The Bertz CT molecular complexity index is 1200. The van der Waals surface area contributed by atoms with Gasteiger partial charge in [0.2, 0.25) is 0 Å². The van der Waals surface area contributed by atoms with Crippen molar-refractivity contribution < 1.29 is 28.7 Å². The molecule has 0 aliphatic rings. The highest BCUT2D eigenvalue weighted by atomic mass is 16.5. The van der Waals surface area contributed by atoms with E-state index in [0.29, 0.717) is 63.3 Å². The molecule has 0 bridgehead atoms. The molecule has 0 aromatic heterocycles. The van der Waals surface area contributed by atoms with Gasteiger partial charge >= 0.3 is 11.9 Å². The van der Waals surface area contributed by atoms with Crippen molar-refractivity contribution >= 4 is 23.5 Å². The lowest BCUT2D eigenvalue weighted by Crippen LogP contribution is -2.08. The van der Waals surface area contributed by atoms with Gasteiger partial charge in [-0.15, -0.1) is 0 Å². The standard InChI is InChI=1S/C33H64O3.C23H44O3.C18H38/c1-4-7-10-13-16-18-24-31(25-19-17-14-11-8-5-2)26-23-30-36-33(35)29-22-21-28-32(34)27-20-15-12-9-6-3;1-3-5-7-9-10-11-13-17-21-26-23(25)20-16-15-19-22(24)18-14-12-8-6-4-2;1-4-7-8-9-10-11-12-13-14-15-17-18(6-3)16-5-2/h31H,4-30H2,1-3H3;3-21H2,1-2H3;18H,4-17H2,1-3H3. The van der Waals surface area contributed by atoms with E-state index in [0.717, 1.165) is 69.6 Å². The summed E-state index contributed by atoms with van der Waals surface area (Å²) in [5.41, 5.74) is 0. The zero-order valence-electron chi connectivity index (χ0n) is 56.0. The zero-order valence-corrected chi connectivity index (χ0v) is 56.0. The van der Waals surface area contributed by atoms with Crippen LogP contribution in [-0.2, 0) is 28.7 Å². The van der Waals surface area contributed by atoms with Crippen molar-refractivity contribution in [2.45, 2.75) is 428 Å². The molecule has 0 spiro atoms. The van der Waals surface area contributed by atoms with Crippen LogP contribution in [0, 0.1) is 11.8 Å². The molecule has 0 N–H and O–H groups in total. The highest BCUT2D eigenvalue weighted by Crippen LogP contribution is 2.24. The van der Waals surface area contributed by atoms with E-state index in [4.69, 9.17) is 9.47 Å². The first-order chi connectivity index (χ1) is 39.2. The van der Waals surface area contributed by atoms with Crippen molar-refractivity contribution in [2.24, 2.45) is 11.8 Å². The summed E-state index contributed by atoms with van der Waals surface area (Å²) in [6, 6.07) is 0. The Morgan fingerprint density at radius 2 is 0.463 bits per heavy atom. The van der Waals surface area contributed by atoms with Gasteiger partial charge in [-0.25, -0.2) is 0 Å². The maximum Gasteiger partial charge on any atom is 0.305 e. The van der Waals surface area contributed by atoms with E-state index in [2.05, 4.69) is 55.4 Å². The van der Waals surface area contributed by atoms with Gasteiger partial charge in [0.1, 0.15) is 11.6 Å². The molecule has 0 saturated carbocycles. The minimum Gasteiger partial charge on any atom is -0.466 e. The van der Waals surface area contributed by atoms with Crippen LogP contribution in [0.25, 0.3) is 0 Å². The van der Waals surface area contributed by atoms with Crippen LogP contribution in [0.15, 0.2) is 0 Å². The number of hydrogen-bond acceptors (Lipinski definition) is 6. The average molecular weight is 1130 g/mol. The van der Waals surface area contributed by atoms with E-state index in [1.54, 1.807) is 0 Å². The Labute approximate surface area is 502 Å². The van der Waals surface area contributed by atoms with Crippen LogP contribution in [0.1, 0.15) is 428 Å². The molecule has 80 heavy (non-hydrogen) atoms. The summed E-state index contributed by atoms with van der Waals surface area (Å²) < 4.78 is 10.8. The van der Waals surface area contributed by atoms with Crippen LogP contribution in [0.5, 0.6) is 0 Å². The van der Waals surface area contributed by atoms with Gasteiger partial charge in [0.05, 0.1) is 13.2 Å². The normalized spacial score (nSPS) is 11.5. The summed E-state index contributed by atoms with van der Waals surface area (Å²) in [4.78, 5) is 47.5. The molecule has 0 heterocycles. The van der Waals surface area contributed by atoms with Gasteiger partial charge in [-0.1, -0.05) is 331 Å². The SMILES string of the molecule is CCCCCCCCC(CCCCCCCC)CCCOC(=O)CCCCC(=O)CCCCCCC.CCCCCCCCCCCCC(CC)CCC.CCCCCCCCCCOC(=O)CCCCC(=O)CCCCCCC. The topological polar surface area (TPSA) is 86.7 Å². The van der Waals surface area contributed by atoms with Crippen LogP contribution in [0.4, 0.5) is 0 Å². The van der Waals surface area contributed by atoms with Gasteiger partial charge in [0, 0.05) is 38.5 Å². The minimum atomic E-state index is -0.0973. The molecule has 0 aromatic rings. The third-order valence-electron chi connectivity index (χ3n) is 16.7. The Kier molecular flexibility index (Phi) is 75.7. The first-order valence-corrected chi connectivity index (χ1v) is 36.5. The van der Waals surface area contributed by atoms with Crippen molar-refractivity contribution in [1.29, 1.82) is 0 Å². The lowest BCUT2D eigenvalue weighted by Gasteiger charge is -2.17. The van der Waals surface area contributed by atoms with Crippen LogP contribution in [0.3, 0.4) is 0 Å². The van der Waals surface area contributed by atoms with E-state index < -0.39 is 0 Å². The summed E-state index contributed by atoms with van der Waals surface area (Å²) in [6.45, 7) is 19.3. The fourth-order valence-corrected chi connectivity index (χ4v) is 11.1. The number of carbonyl (C=O) groups is 4. The highest BCUT2D eigenvalue weighted by molar-refractivity contribution is 5.78. The molecule has 478 valence electrons. The first-order valence-electron chi connectivity index (χ1n) is 36.5. The molecule has 1 atom stereocenters. The number of unbranched alkanes of at least 4 members (excludes halogenated alkanes) is 36. The molecule has 0 rings (SSSR count). The van der Waals surface area contributed by atoms with Gasteiger partial charge in [-0.2, -0.15) is 0 Å². The molecule has 6 nitrogen and oxygen atoms in total. The smallest absolute Gasteiger partial charge is 0.305 e. The largest absolute Gasteiger partial charge is 0.466 e. The fourth-order valence-electron chi connectivity index (χ4n) is 11.1. The molecule has 0 fully saturated rings. The molecule has 0 aliphatic carbocycles. The second-order valence-corrected chi connectivity index (χ2v) is 24.9. The Morgan fingerprint density at radius 3 is 0.775 bits per heavy atom. The van der Waals surface area contributed by atoms with Gasteiger partial charge < -0.3 is 9.47 Å². The third kappa shape index (κ3) is 72.4. The highest BCUT2D eigenvalue weighted by Gasteiger charge is 2.12. The fraction of sp³-hybridized carbons (Fsp3) is 0.946. The predicted octanol–water partition coefficient (Wildman–Crippen LogP) is 25.2. The lowest BCUT2D eigenvalue weighted by molar-refractivity contribution is -0.144. The van der Waals surface area contributed by atoms with Crippen molar-refractivity contribution in [3.8, 4) is 0 Å². The van der Waals surface area contributed by atoms with Crippen LogP contribution in [-0.4, -0.2) is 36.7 Å². The first kappa shape index (κ1) is 82.5. The Balaban J connectivity index is -0.00000118. The number of ketones is 2. The summed E-state index contributed by atoms with van der Waals surface area (Å²) >= 11 is 0. The quantitative estimate of drug-likeness (QED) is 0.0445. The summed E-state index contributed by atoms with van der Waals surface area (Å²) in [6.07, 6.45) is 70.4. The second kappa shape index (κ2) is 73.4. The molecule has 0 radical (unpaired) electrons. The number of Topliss-reactive ketones (excluding diaryl/α,β-unsaturated/α-hetero) is 2. The van der Waals surface area contributed by atoms with E-state index in [1.165, 1.54) is 276 Å². The molecular formula is C74H146O6. The van der Waals surface area contributed by atoms with E-state index in [-0.39, 0.29) is 11.9 Å². The third-order valence-corrected chi connectivity index (χ3v) is 16.7. The van der Waals surface area contributed by atoms with Gasteiger partial charge in [-0.3, -0.25) is 19.2 Å². The van der Waals surface area contributed by atoms with Crippen molar-refractivity contribution in [3.05, 3.63) is 0 Å². The Hall–Kier alpha value is -1.72. The van der Waals surface area contributed by atoms with Crippen LogP contribution >= 0.6 is 0 Å². The number of hydrogen-bond donors (Lipinski definition) is 0. The van der Waals surface area contributed by atoms with Crippen molar-refractivity contribution in [2.75, 3.05) is 13.2 Å². The minimum absolute atomic E-state index is 0.0783. The molecule has 6 heteroatoms. The number of ether oxygens (including phenoxy) is 2. The molecule has 1 unspecified atom stereocenters.